The summed E-state index contributed by atoms with van der Waals surface area (Å²) in [4.78, 5) is 23.6. The summed E-state index contributed by atoms with van der Waals surface area (Å²) in [7, 11) is 2.43. The molecule has 0 bridgehead atoms. The number of methoxy groups -OCH3 is 2. The quantitative estimate of drug-likeness (QED) is 0.800. The molecule has 0 heterocycles. The average Bonchev–Trinajstić information content (AvgIpc) is 2.56. The molecule has 0 radical (unpaired) electrons. The fourth-order valence-corrected chi connectivity index (χ4v) is 2.40. The van der Waals surface area contributed by atoms with Gasteiger partial charge in [-0.15, -0.1) is 0 Å². The molecule has 0 atom stereocenters. The zero-order valence-corrected chi connectivity index (χ0v) is 13.3. The maximum Gasteiger partial charge on any atom is 0.338 e. The Labute approximate surface area is 137 Å². The highest BCUT2D eigenvalue weighted by molar-refractivity contribution is 6.31. The molecule has 0 saturated heterocycles. The van der Waals surface area contributed by atoms with Crippen LogP contribution in [0.2, 0.25) is 5.02 Å². The molecule has 0 spiro atoms. The van der Waals surface area contributed by atoms with E-state index in [2.05, 4.69) is 9.47 Å². The van der Waals surface area contributed by atoms with Crippen LogP contribution in [0.5, 0.6) is 0 Å². The maximum absolute atomic E-state index is 13.9. The highest BCUT2D eigenvalue weighted by Gasteiger charge is 2.19. The SMILES string of the molecule is COC(=O)c1ccc(Cc2c(F)cccc2Cl)cc1C(=O)OC. The van der Waals surface area contributed by atoms with Crippen molar-refractivity contribution in [1.82, 2.24) is 0 Å². The topological polar surface area (TPSA) is 52.6 Å². The first-order valence-electron chi connectivity index (χ1n) is 6.70. The van der Waals surface area contributed by atoms with E-state index in [0.717, 1.165) is 0 Å². The van der Waals surface area contributed by atoms with Gasteiger partial charge in [-0.25, -0.2) is 14.0 Å². The van der Waals surface area contributed by atoms with Crippen LogP contribution in [0.3, 0.4) is 0 Å². The van der Waals surface area contributed by atoms with Crippen molar-refractivity contribution in [2.75, 3.05) is 14.2 Å². The van der Waals surface area contributed by atoms with Gasteiger partial charge in [0.1, 0.15) is 5.82 Å². The third kappa shape index (κ3) is 3.68. The van der Waals surface area contributed by atoms with Gasteiger partial charge in [0.25, 0.3) is 0 Å². The molecule has 0 aliphatic heterocycles. The Bertz CT molecular complexity index is 738. The van der Waals surface area contributed by atoms with E-state index in [1.807, 2.05) is 0 Å². The van der Waals surface area contributed by atoms with Crippen molar-refractivity contribution in [2.45, 2.75) is 6.42 Å². The van der Waals surface area contributed by atoms with E-state index in [4.69, 9.17) is 11.6 Å². The van der Waals surface area contributed by atoms with E-state index in [1.165, 1.54) is 38.5 Å². The lowest BCUT2D eigenvalue weighted by molar-refractivity contribution is 0.0555. The van der Waals surface area contributed by atoms with Gasteiger partial charge in [0.2, 0.25) is 0 Å². The zero-order valence-electron chi connectivity index (χ0n) is 12.6. The number of halogens is 2. The van der Waals surface area contributed by atoms with Crippen LogP contribution < -0.4 is 0 Å². The Morgan fingerprint density at radius 3 is 2.30 bits per heavy atom. The van der Waals surface area contributed by atoms with Gasteiger partial charge in [-0.1, -0.05) is 23.7 Å². The first kappa shape index (κ1) is 17.0. The van der Waals surface area contributed by atoms with E-state index in [0.29, 0.717) is 16.1 Å². The summed E-state index contributed by atoms with van der Waals surface area (Å²) >= 11 is 6.01. The first-order valence-corrected chi connectivity index (χ1v) is 7.08. The number of carbonyl (C=O) groups is 2. The fraction of sp³-hybridized carbons (Fsp3) is 0.176. The second-order valence-corrected chi connectivity index (χ2v) is 5.15. The highest BCUT2D eigenvalue weighted by atomic mass is 35.5. The summed E-state index contributed by atoms with van der Waals surface area (Å²) in [5.74, 6) is -1.76. The van der Waals surface area contributed by atoms with Gasteiger partial charge in [-0.3, -0.25) is 0 Å². The summed E-state index contributed by atoms with van der Waals surface area (Å²) in [6, 6.07) is 8.95. The van der Waals surface area contributed by atoms with Gasteiger partial charge in [0.05, 0.1) is 25.3 Å². The monoisotopic (exact) mass is 336 g/mol. The number of carbonyl (C=O) groups excluding carboxylic acids is 2. The molecule has 120 valence electrons. The molecule has 0 N–H and O–H groups in total. The number of rotatable bonds is 4. The standard InChI is InChI=1S/C17H14ClFO4/c1-22-16(20)11-7-6-10(8-12(11)17(21)23-2)9-13-14(18)4-3-5-15(13)19/h3-8H,9H2,1-2H3. The van der Waals surface area contributed by atoms with E-state index in [9.17, 15) is 14.0 Å². The van der Waals surface area contributed by atoms with Crippen molar-refractivity contribution in [3.8, 4) is 0 Å². The van der Waals surface area contributed by atoms with Crippen molar-refractivity contribution >= 4 is 23.5 Å². The van der Waals surface area contributed by atoms with Crippen molar-refractivity contribution < 1.29 is 23.5 Å². The number of benzene rings is 2. The molecule has 2 aromatic carbocycles. The van der Waals surface area contributed by atoms with Crippen LogP contribution in [0.25, 0.3) is 0 Å². The molecule has 0 aliphatic rings. The maximum atomic E-state index is 13.9. The minimum Gasteiger partial charge on any atom is -0.465 e. The van der Waals surface area contributed by atoms with Gasteiger partial charge in [0.15, 0.2) is 0 Å². The van der Waals surface area contributed by atoms with E-state index in [-0.39, 0.29) is 17.5 Å². The Kier molecular flexibility index (Phi) is 5.34. The van der Waals surface area contributed by atoms with Gasteiger partial charge >= 0.3 is 11.9 Å². The Morgan fingerprint density at radius 2 is 1.70 bits per heavy atom. The lowest BCUT2D eigenvalue weighted by atomic mass is 9.99. The molecule has 2 rings (SSSR count). The molecule has 0 saturated carbocycles. The van der Waals surface area contributed by atoms with E-state index in [1.54, 1.807) is 12.1 Å². The van der Waals surface area contributed by atoms with Crippen LogP contribution in [0, 0.1) is 5.82 Å². The summed E-state index contributed by atoms with van der Waals surface area (Å²) in [6.07, 6.45) is 0.178. The summed E-state index contributed by atoms with van der Waals surface area (Å²) in [5.41, 5.74) is 1.08. The molecular weight excluding hydrogens is 323 g/mol. The molecule has 6 heteroatoms. The number of hydrogen-bond acceptors (Lipinski definition) is 4. The molecular formula is C17H14ClFO4. The summed E-state index contributed by atoms with van der Waals surface area (Å²) in [6.45, 7) is 0. The second-order valence-electron chi connectivity index (χ2n) is 4.74. The lowest BCUT2D eigenvalue weighted by Crippen LogP contribution is -2.12. The Balaban J connectivity index is 2.45. The van der Waals surface area contributed by atoms with Crippen LogP contribution in [0.4, 0.5) is 4.39 Å². The normalized spacial score (nSPS) is 10.3. The van der Waals surface area contributed by atoms with Crippen LogP contribution in [-0.2, 0) is 15.9 Å². The first-order chi connectivity index (χ1) is 11.0. The number of esters is 2. The summed E-state index contributed by atoms with van der Waals surface area (Å²) < 4.78 is 23.2. The third-order valence-electron chi connectivity index (χ3n) is 3.34. The molecule has 2 aromatic rings. The van der Waals surface area contributed by atoms with Crippen LogP contribution >= 0.6 is 11.6 Å². The second kappa shape index (κ2) is 7.24. The molecule has 0 unspecified atom stereocenters. The number of hydrogen-bond donors (Lipinski definition) is 0. The minimum atomic E-state index is -0.674. The van der Waals surface area contributed by atoms with Gasteiger partial charge in [-0.2, -0.15) is 0 Å². The van der Waals surface area contributed by atoms with E-state index < -0.39 is 17.8 Å². The third-order valence-corrected chi connectivity index (χ3v) is 3.69. The molecule has 4 nitrogen and oxygen atoms in total. The largest absolute Gasteiger partial charge is 0.465 e. The Hall–Kier alpha value is -2.40. The van der Waals surface area contributed by atoms with Crippen LogP contribution in [-0.4, -0.2) is 26.2 Å². The predicted molar refractivity (Wildman–Crippen MR) is 83.3 cm³/mol. The summed E-state index contributed by atoms with van der Waals surface area (Å²) in [5, 5.41) is 0.293. The smallest absolute Gasteiger partial charge is 0.338 e. The minimum absolute atomic E-state index is 0.0595. The van der Waals surface area contributed by atoms with Gasteiger partial charge in [0, 0.05) is 17.0 Å². The van der Waals surface area contributed by atoms with Gasteiger partial charge < -0.3 is 9.47 Å². The van der Waals surface area contributed by atoms with Crippen LogP contribution in [0.15, 0.2) is 36.4 Å². The number of ether oxygens (including phenoxy) is 2. The van der Waals surface area contributed by atoms with Crippen molar-refractivity contribution in [3.63, 3.8) is 0 Å². The zero-order chi connectivity index (χ0) is 17.0. The fourth-order valence-electron chi connectivity index (χ4n) is 2.17. The lowest BCUT2D eigenvalue weighted by Gasteiger charge is -2.10. The van der Waals surface area contributed by atoms with Crippen molar-refractivity contribution in [3.05, 3.63) is 69.5 Å². The molecule has 23 heavy (non-hydrogen) atoms. The molecule has 0 aromatic heterocycles. The highest BCUT2D eigenvalue weighted by Crippen LogP contribution is 2.24. The van der Waals surface area contributed by atoms with Crippen LogP contribution in [0.1, 0.15) is 31.8 Å². The molecule has 0 fully saturated rings. The van der Waals surface area contributed by atoms with Crippen molar-refractivity contribution in [2.24, 2.45) is 0 Å². The molecule has 0 amide bonds. The Morgan fingerprint density at radius 1 is 1.04 bits per heavy atom. The van der Waals surface area contributed by atoms with Crippen molar-refractivity contribution in [1.29, 1.82) is 0 Å². The van der Waals surface area contributed by atoms with Gasteiger partial charge in [-0.05, 0) is 29.8 Å². The predicted octanol–water partition coefficient (Wildman–Crippen LogP) is 3.64. The average molecular weight is 337 g/mol. The molecule has 0 aliphatic carbocycles. The van der Waals surface area contributed by atoms with E-state index >= 15 is 0 Å².